The summed E-state index contributed by atoms with van der Waals surface area (Å²) >= 11 is 1.31. The zero-order valence-corrected chi connectivity index (χ0v) is 19.8. The second-order valence-corrected chi connectivity index (χ2v) is 8.61. The van der Waals surface area contributed by atoms with Gasteiger partial charge in [0.1, 0.15) is 6.61 Å². The topological polar surface area (TPSA) is 60.3 Å². The minimum atomic E-state index is -0.441. The summed E-state index contributed by atoms with van der Waals surface area (Å²) in [5, 5.41) is 9.12. The van der Waals surface area contributed by atoms with Gasteiger partial charge in [0.15, 0.2) is 22.5 Å². The van der Waals surface area contributed by atoms with Crippen LogP contribution in [0, 0.1) is 5.82 Å². The highest BCUT2D eigenvalue weighted by atomic mass is 32.2. The summed E-state index contributed by atoms with van der Waals surface area (Å²) in [5.74, 6) is 0.394. The average Bonchev–Trinajstić information content (AvgIpc) is 3.29. The third-order valence-electron chi connectivity index (χ3n) is 5.49. The average molecular weight is 477 g/mol. The molecular weight excluding hydrogens is 451 g/mol. The van der Waals surface area contributed by atoms with E-state index in [1.807, 2.05) is 72.2 Å². The molecule has 1 atom stereocenters. The first kappa shape index (κ1) is 23.5. The number of hydrogen-bond donors (Lipinski definition) is 0. The van der Waals surface area contributed by atoms with Gasteiger partial charge in [-0.25, -0.2) is 4.39 Å². The summed E-state index contributed by atoms with van der Waals surface area (Å²) in [6.45, 7) is 2.03. The van der Waals surface area contributed by atoms with E-state index in [4.69, 9.17) is 4.74 Å². The Hall–Kier alpha value is -3.65. The largest absolute Gasteiger partial charge is 0.483 e. The molecule has 1 heterocycles. The van der Waals surface area contributed by atoms with Gasteiger partial charge in [-0.05, 0) is 36.8 Å². The van der Waals surface area contributed by atoms with Crippen molar-refractivity contribution in [2.45, 2.75) is 24.7 Å². The Bertz CT molecular complexity index is 1230. The molecule has 1 aromatic heterocycles. The van der Waals surface area contributed by atoms with Crippen molar-refractivity contribution in [3.05, 3.63) is 102 Å². The highest BCUT2D eigenvalue weighted by Crippen LogP contribution is 2.25. The van der Waals surface area contributed by atoms with Gasteiger partial charge >= 0.3 is 0 Å². The molecule has 1 amide bonds. The molecule has 0 saturated carbocycles. The van der Waals surface area contributed by atoms with Gasteiger partial charge in [-0.3, -0.25) is 9.36 Å². The number of nitrogens with zero attached hydrogens (tertiary/aromatic N) is 4. The van der Waals surface area contributed by atoms with Gasteiger partial charge in [0.2, 0.25) is 5.91 Å². The number of thioether (sulfide) groups is 1. The molecule has 0 saturated heterocycles. The lowest BCUT2D eigenvalue weighted by Gasteiger charge is -2.25. The van der Waals surface area contributed by atoms with Crippen LogP contribution >= 0.6 is 11.8 Å². The van der Waals surface area contributed by atoms with Crippen LogP contribution in [0.15, 0.2) is 90.1 Å². The number of ether oxygens (including phenoxy) is 1. The van der Waals surface area contributed by atoms with E-state index < -0.39 is 5.82 Å². The van der Waals surface area contributed by atoms with Crippen molar-refractivity contribution >= 4 is 17.7 Å². The first-order chi connectivity index (χ1) is 16.5. The smallest absolute Gasteiger partial charge is 0.233 e. The number of hydrogen-bond acceptors (Lipinski definition) is 5. The monoisotopic (exact) mass is 476 g/mol. The lowest BCUT2D eigenvalue weighted by molar-refractivity contribution is -0.128. The van der Waals surface area contributed by atoms with Crippen LogP contribution in [0.2, 0.25) is 0 Å². The number of rotatable bonds is 9. The van der Waals surface area contributed by atoms with Crippen LogP contribution in [0.3, 0.4) is 0 Å². The van der Waals surface area contributed by atoms with E-state index in [1.165, 1.54) is 17.8 Å². The molecule has 0 spiro atoms. The molecule has 4 aromatic rings. The van der Waals surface area contributed by atoms with Crippen molar-refractivity contribution < 1.29 is 13.9 Å². The molecule has 0 bridgehead atoms. The number of carbonyl (C=O) groups is 1. The van der Waals surface area contributed by atoms with Crippen LogP contribution < -0.4 is 4.74 Å². The molecule has 8 heteroatoms. The van der Waals surface area contributed by atoms with Gasteiger partial charge in [-0.15, -0.1) is 10.2 Å². The fourth-order valence-electron chi connectivity index (χ4n) is 3.43. The van der Waals surface area contributed by atoms with Crippen molar-refractivity contribution in [1.29, 1.82) is 0 Å². The summed E-state index contributed by atoms with van der Waals surface area (Å²) in [6.07, 6.45) is 0. The Morgan fingerprint density at radius 1 is 1.00 bits per heavy atom. The normalized spacial score (nSPS) is 11.7. The number of halogens is 1. The third-order valence-corrected chi connectivity index (χ3v) is 6.40. The summed E-state index contributed by atoms with van der Waals surface area (Å²) in [6, 6.07) is 25.7. The maximum absolute atomic E-state index is 14.0. The quantitative estimate of drug-likeness (QED) is 0.307. The molecule has 4 rings (SSSR count). The molecule has 0 aliphatic carbocycles. The van der Waals surface area contributed by atoms with E-state index in [0.717, 1.165) is 11.3 Å². The maximum Gasteiger partial charge on any atom is 0.233 e. The van der Waals surface area contributed by atoms with Crippen LogP contribution in [0.25, 0.3) is 5.69 Å². The van der Waals surface area contributed by atoms with Crippen LogP contribution in [0.5, 0.6) is 5.75 Å². The van der Waals surface area contributed by atoms with E-state index in [1.54, 1.807) is 30.1 Å². The Balaban J connectivity index is 1.50. The summed E-state index contributed by atoms with van der Waals surface area (Å²) < 4.78 is 21.5. The molecule has 0 radical (unpaired) electrons. The van der Waals surface area contributed by atoms with E-state index in [2.05, 4.69) is 10.2 Å². The standard InChI is InChI=1S/C26H25FN4O2S/c1-19(20-11-5-3-6-12-20)30(2)25(32)18-34-26-29-28-24(31(26)21-13-7-4-8-14-21)17-33-23-16-10-9-15-22(23)27/h3-16,19H,17-18H2,1-2H3/t19-/m0/s1. The number of benzene rings is 3. The lowest BCUT2D eigenvalue weighted by atomic mass is 10.1. The van der Waals surface area contributed by atoms with Gasteiger partial charge in [0, 0.05) is 12.7 Å². The molecule has 3 aromatic carbocycles. The molecule has 6 nitrogen and oxygen atoms in total. The van der Waals surface area contributed by atoms with Gasteiger partial charge in [0.25, 0.3) is 0 Å². The zero-order chi connectivity index (χ0) is 23.9. The Kier molecular flexibility index (Phi) is 7.59. The molecule has 0 N–H and O–H groups in total. The number of aromatic nitrogens is 3. The molecule has 174 valence electrons. The lowest BCUT2D eigenvalue weighted by Crippen LogP contribution is -2.31. The molecular formula is C26H25FN4O2S. The van der Waals surface area contributed by atoms with Crippen molar-refractivity contribution in [3.63, 3.8) is 0 Å². The molecule has 0 unspecified atom stereocenters. The van der Waals surface area contributed by atoms with Crippen molar-refractivity contribution in [3.8, 4) is 11.4 Å². The Morgan fingerprint density at radius 3 is 2.35 bits per heavy atom. The molecule has 0 aliphatic heterocycles. The molecule has 0 aliphatic rings. The maximum atomic E-state index is 14.0. The first-order valence-electron chi connectivity index (χ1n) is 10.8. The van der Waals surface area contributed by atoms with Crippen LogP contribution in [-0.2, 0) is 11.4 Å². The van der Waals surface area contributed by atoms with E-state index in [0.29, 0.717) is 11.0 Å². The number of para-hydroxylation sites is 2. The summed E-state index contributed by atoms with van der Waals surface area (Å²) in [7, 11) is 1.80. The van der Waals surface area contributed by atoms with Gasteiger partial charge < -0.3 is 9.64 Å². The number of carbonyl (C=O) groups excluding carboxylic acids is 1. The van der Waals surface area contributed by atoms with Crippen molar-refractivity contribution in [2.24, 2.45) is 0 Å². The predicted octanol–water partition coefficient (Wildman–Crippen LogP) is 5.30. The Morgan fingerprint density at radius 2 is 1.65 bits per heavy atom. The van der Waals surface area contributed by atoms with Gasteiger partial charge in [-0.2, -0.15) is 0 Å². The minimum absolute atomic E-state index is 0.0203. The van der Waals surface area contributed by atoms with Crippen LogP contribution in [0.1, 0.15) is 24.4 Å². The SMILES string of the molecule is C[C@@H](c1ccccc1)N(C)C(=O)CSc1nnc(COc2ccccc2F)n1-c1ccccc1. The Labute approximate surface area is 202 Å². The first-order valence-corrected chi connectivity index (χ1v) is 11.8. The molecule has 0 fully saturated rings. The highest BCUT2D eigenvalue weighted by Gasteiger charge is 2.21. The van der Waals surface area contributed by atoms with Gasteiger partial charge in [-0.1, -0.05) is 72.4 Å². The third kappa shape index (κ3) is 5.46. The highest BCUT2D eigenvalue weighted by molar-refractivity contribution is 7.99. The van der Waals surface area contributed by atoms with E-state index in [-0.39, 0.29) is 30.1 Å². The fraction of sp³-hybridized carbons (Fsp3) is 0.192. The van der Waals surface area contributed by atoms with E-state index >= 15 is 0 Å². The van der Waals surface area contributed by atoms with E-state index in [9.17, 15) is 9.18 Å². The van der Waals surface area contributed by atoms with Crippen LogP contribution in [-0.4, -0.2) is 38.4 Å². The summed E-state index contributed by atoms with van der Waals surface area (Å²) in [5.41, 5.74) is 1.91. The second-order valence-electron chi connectivity index (χ2n) is 7.67. The van der Waals surface area contributed by atoms with Crippen LogP contribution in [0.4, 0.5) is 4.39 Å². The van der Waals surface area contributed by atoms with Crippen molar-refractivity contribution in [2.75, 3.05) is 12.8 Å². The summed E-state index contributed by atoms with van der Waals surface area (Å²) in [4.78, 5) is 14.6. The number of amides is 1. The fourth-order valence-corrected chi connectivity index (χ4v) is 4.32. The van der Waals surface area contributed by atoms with Crippen molar-refractivity contribution in [1.82, 2.24) is 19.7 Å². The predicted molar refractivity (Wildman–Crippen MR) is 130 cm³/mol. The molecule has 34 heavy (non-hydrogen) atoms. The van der Waals surface area contributed by atoms with Gasteiger partial charge in [0.05, 0.1) is 11.8 Å². The minimum Gasteiger partial charge on any atom is -0.483 e. The second kappa shape index (κ2) is 11.0. The zero-order valence-electron chi connectivity index (χ0n) is 19.0.